The van der Waals surface area contributed by atoms with Crippen LogP contribution in [0.3, 0.4) is 0 Å². The van der Waals surface area contributed by atoms with Gasteiger partial charge in [0.1, 0.15) is 5.69 Å². The smallest absolute Gasteiger partial charge is 0.275 e. The number of ether oxygens (including phenoxy) is 1. The fraction of sp³-hybridized carbons (Fsp3) is 0.350. The largest absolute Gasteiger partial charge is 0.448 e. The Labute approximate surface area is 160 Å². The van der Waals surface area contributed by atoms with E-state index >= 15 is 0 Å². The Balaban J connectivity index is 1.76. The average Bonchev–Trinajstić information content (AvgIpc) is 3.14. The second-order valence-electron chi connectivity index (χ2n) is 6.67. The van der Waals surface area contributed by atoms with Crippen molar-refractivity contribution in [3.05, 3.63) is 51.8 Å². The molecular formula is C20H21BrN2O3. The van der Waals surface area contributed by atoms with Gasteiger partial charge < -0.3 is 18.6 Å². The van der Waals surface area contributed by atoms with Gasteiger partial charge in [0.05, 0.1) is 12.1 Å². The number of carbonyl (C=O) groups excluding carboxylic acids is 1. The third-order valence-electron chi connectivity index (χ3n) is 4.90. The van der Waals surface area contributed by atoms with Crippen LogP contribution in [0.2, 0.25) is 0 Å². The summed E-state index contributed by atoms with van der Waals surface area (Å²) in [6.07, 6.45) is 1.99. The van der Waals surface area contributed by atoms with Crippen molar-refractivity contribution < 1.29 is 13.9 Å². The monoisotopic (exact) mass is 416 g/mol. The number of amides is 1. The Hall–Kier alpha value is -2.05. The molecule has 0 atom stereocenters. The van der Waals surface area contributed by atoms with Gasteiger partial charge in [0, 0.05) is 38.0 Å². The van der Waals surface area contributed by atoms with Crippen LogP contribution in [0.25, 0.3) is 11.1 Å². The molecule has 0 bridgehead atoms. The summed E-state index contributed by atoms with van der Waals surface area (Å²) in [5.74, 6) is 0.00780. The fourth-order valence-corrected chi connectivity index (χ4v) is 4.08. The number of aryl methyl sites for hydroxylation is 2. The SMILES string of the molecule is COCCn1c(C(=O)N2CCCc3cc(C)ccc32)cc2oc(Br)cc21. The molecule has 1 aliphatic rings. The Bertz CT molecular complexity index is 973. The maximum atomic E-state index is 13.4. The number of anilines is 1. The molecule has 0 radical (unpaired) electrons. The molecule has 136 valence electrons. The molecule has 3 aromatic rings. The first-order valence-electron chi connectivity index (χ1n) is 8.77. The maximum Gasteiger partial charge on any atom is 0.275 e. The van der Waals surface area contributed by atoms with Crippen molar-refractivity contribution in [3.8, 4) is 0 Å². The number of carbonyl (C=O) groups is 1. The first-order valence-corrected chi connectivity index (χ1v) is 9.56. The number of hydrogen-bond acceptors (Lipinski definition) is 3. The quantitative estimate of drug-likeness (QED) is 0.626. The van der Waals surface area contributed by atoms with Crippen molar-refractivity contribution >= 4 is 38.6 Å². The highest BCUT2D eigenvalue weighted by Gasteiger charge is 2.27. The highest BCUT2D eigenvalue weighted by molar-refractivity contribution is 9.10. The van der Waals surface area contributed by atoms with Crippen molar-refractivity contribution in [2.45, 2.75) is 26.3 Å². The molecule has 1 aromatic carbocycles. The highest BCUT2D eigenvalue weighted by Crippen LogP contribution is 2.32. The maximum absolute atomic E-state index is 13.4. The van der Waals surface area contributed by atoms with E-state index < -0.39 is 0 Å². The number of furan rings is 1. The standard InChI is InChI=1S/C20H21BrN2O3/c1-13-5-6-15-14(10-13)4-3-7-23(15)20(24)17-11-18-16(12-19(21)26-18)22(17)8-9-25-2/h5-6,10-12H,3-4,7-9H2,1-2H3. The van der Waals surface area contributed by atoms with E-state index in [-0.39, 0.29) is 5.91 Å². The number of hydrogen-bond donors (Lipinski definition) is 0. The summed E-state index contributed by atoms with van der Waals surface area (Å²) in [6, 6.07) is 10.0. The third kappa shape index (κ3) is 2.97. The highest BCUT2D eigenvalue weighted by atomic mass is 79.9. The summed E-state index contributed by atoms with van der Waals surface area (Å²) in [5, 5.41) is 0. The molecular weight excluding hydrogens is 396 g/mol. The van der Waals surface area contributed by atoms with Gasteiger partial charge in [-0.05, 0) is 47.3 Å². The fourth-order valence-electron chi connectivity index (χ4n) is 3.69. The molecule has 4 rings (SSSR count). The van der Waals surface area contributed by atoms with Gasteiger partial charge in [-0.2, -0.15) is 0 Å². The summed E-state index contributed by atoms with van der Waals surface area (Å²) >= 11 is 3.37. The molecule has 0 unspecified atom stereocenters. The number of aromatic nitrogens is 1. The van der Waals surface area contributed by atoms with E-state index in [0.29, 0.717) is 29.1 Å². The molecule has 0 aliphatic carbocycles. The number of halogens is 1. The minimum absolute atomic E-state index is 0.00780. The van der Waals surface area contributed by atoms with Crippen molar-refractivity contribution in [1.82, 2.24) is 4.57 Å². The van der Waals surface area contributed by atoms with Gasteiger partial charge in [0.25, 0.3) is 5.91 Å². The third-order valence-corrected chi connectivity index (χ3v) is 5.29. The van der Waals surface area contributed by atoms with Gasteiger partial charge in [-0.25, -0.2) is 0 Å². The van der Waals surface area contributed by atoms with Crippen LogP contribution in [0.15, 0.2) is 39.4 Å². The van der Waals surface area contributed by atoms with Gasteiger partial charge in [0.2, 0.25) is 0 Å². The summed E-state index contributed by atoms with van der Waals surface area (Å²) in [6.45, 7) is 3.95. The molecule has 0 saturated carbocycles. The summed E-state index contributed by atoms with van der Waals surface area (Å²) in [5.41, 5.74) is 5.73. The van der Waals surface area contributed by atoms with Gasteiger partial charge in [0.15, 0.2) is 10.3 Å². The molecule has 0 saturated heterocycles. The zero-order valence-electron chi connectivity index (χ0n) is 14.9. The number of methoxy groups -OCH3 is 1. The lowest BCUT2D eigenvalue weighted by Gasteiger charge is -2.30. The second-order valence-corrected chi connectivity index (χ2v) is 7.45. The molecule has 26 heavy (non-hydrogen) atoms. The molecule has 1 aliphatic heterocycles. The van der Waals surface area contributed by atoms with Crippen molar-refractivity contribution in [2.75, 3.05) is 25.2 Å². The van der Waals surface area contributed by atoms with E-state index in [0.717, 1.165) is 30.6 Å². The summed E-state index contributed by atoms with van der Waals surface area (Å²) in [7, 11) is 1.66. The molecule has 6 heteroatoms. The Morgan fingerprint density at radius 3 is 2.96 bits per heavy atom. The lowest BCUT2D eigenvalue weighted by Crippen LogP contribution is -2.36. The normalized spacial score (nSPS) is 14.0. The van der Waals surface area contributed by atoms with Crippen LogP contribution in [0.1, 0.15) is 28.0 Å². The van der Waals surface area contributed by atoms with Gasteiger partial charge >= 0.3 is 0 Å². The van der Waals surface area contributed by atoms with Crippen molar-refractivity contribution in [1.29, 1.82) is 0 Å². The molecule has 0 spiro atoms. The van der Waals surface area contributed by atoms with E-state index in [4.69, 9.17) is 9.15 Å². The van der Waals surface area contributed by atoms with Crippen LogP contribution in [-0.4, -0.2) is 30.7 Å². The number of rotatable bonds is 4. The van der Waals surface area contributed by atoms with Gasteiger partial charge in [-0.15, -0.1) is 0 Å². The first-order chi connectivity index (χ1) is 12.6. The predicted octanol–water partition coefficient (Wildman–Crippen LogP) is 4.54. The van der Waals surface area contributed by atoms with E-state index in [1.54, 1.807) is 7.11 Å². The second kappa shape index (κ2) is 6.93. The van der Waals surface area contributed by atoms with Crippen LogP contribution in [0.4, 0.5) is 5.69 Å². The van der Waals surface area contributed by atoms with Crippen LogP contribution in [-0.2, 0) is 17.7 Å². The van der Waals surface area contributed by atoms with Crippen molar-refractivity contribution in [2.24, 2.45) is 0 Å². The molecule has 1 amide bonds. The topological polar surface area (TPSA) is 47.6 Å². The predicted molar refractivity (Wildman–Crippen MR) is 105 cm³/mol. The van der Waals surface area contributed by atoms with E-state index in [1.807, 2.05) is 21.6 Å². The Morgan fingerprint density at radius 2 is 2.15 bits per heavy atom. The minimum Gasteiger partial charge on any atom is -0.448 e. The minimum atomic E-state index is 0.00780. The molecule has 0 fully saturated rings. The zero-order valence-corrected chi connectivity index (χ0v) is 16.5. The first kappa shape index (κ1) is 17.4. The van der Waals surface area contributed by atoms with E-state index in [9.17, 15) is 4.79 Å². The van der Waals surface area contributed by atoms with E-state index in [1.165, 1.54) is 11.1 Å². The van der Waals surface area contributed by atoms with Gasteiger partial charge in [-0.1, -0.05) is 17.7 Å². The van der Waals surface area contributed by atoms with Crippen LogP contribution >= 0.6 is 15.9 Å². The van der Waals surface area contributed by atoms with Crippen molar-refractivity contribution in [3.63, 3.8) is 0 Å². The Morgan fingerprint density at radius 1 is 1.31 bits per heavy atom. The van der Waals surface area contributed by atoms with Crippen LogP contribution in [0, 0.1) is 6.92 Å². The van der Waals surface area contributed by atoms with Crippen LogP contribution < -0.4 is 4.90 Å². The number of fused-ring (bicyclic) bond motifs is 2. The average molecular weight is 417 g/mol. The Kier molecular flexibility index (Phi) is 4.63. The zero-order chi connectivity index (χ0) is 18.3. The molecule has 3 heterocycles. The lowest BCUT2D eigenvalue weighted by atomic mass is 9.99. The molecule has 0 N–H and O–H groups in total. The molecule has 2 aromatic heterocycles. The number of benzene rings is 1. The van der Waals surface area contributed by atoms with Crippen LogP contribution in [0.5, 0.6) is 0 Å². The summed E-state index contributed by atoms with van der Waals surface area (Å²) < 4.78 is 13.6. The summed E-state index contributed by atoms with van der Waals surface area (Å²) in [4.78, 5) is 15.3. The number of nitrogens with zero attached hydrogens (tertiary/aromatic N) is 2. The van der Waals surface area contributed by atoms with Gasteiger partial charge in [-0.3, -0.25) is 4.79 Å². The molecule has 5 nitrogen and oxygen atoms in total. The van der Waals surface area contributed by atoms with E-state index in [2.05, 4.69) is 41.1 Å². The lowest BCUT2D eigenvalue weighted by molar-refractivity contribution is 0.0974.